The first-order valence-electron chi connectivity index (χ1n) is 19.9. The molecule has 0 fully saturated rings. The Kier molecular flexibility index (Phi) is 36.5. The first-order chi connectivity index (χ1) is 22.6. The standard InChI is InChI=1S/C41H76O5/c1-4-7-10-13-15-17-18-19-20-21-22-23-25-27-30-33-36-44-37-39(46-41(43)35-32-28-12-9-6-3)38-45-40(42)34-31-29-26-24-16-14-11-8-5-2/h15,17,19-20,39H,4-14,16,18,21-38H2,1-3H3/b17-15-,20-19-. The van der Waals surface area contributed by atoms with Crippen molar-refractivity contribution >= 4 is 11.9 Å². The summed E-state index contributed by atoms with van der Waals surface area (Å²) in [6.45, 7) is 7.69. The summed E-state index contributed by atoms with van der Waals surface area (Å²) < 4.78 is 17.1. The van der Waals surface area contributed by atoms with E-state index in [0.717, 1.165) is 51.4 Å². The first-order valence-corrected chi connectivity index (χ1v) is 19.9. The Hall–Kier alpha value is -1.62. The van der Waals surface area contributed by atoms with Gasteiger partial charge in [0.1, 0.15) is 6.61 Å². The first kappa shape index (κ1) is 44.4. The van der Waals surface area contributed by atoms with Crippen LogP contribution in [0.5, 0.6) is 0 Å². The second kappa shape index (κ2) is 37.8. The fraction of sp³-hybridized carbons (Fsp3) is 0.854. The van der Waals surface area contributed by atoms with Gasteiger partial charge in [0.15, 0.2) is 6.10 Å². The predicted molar refractivity (Wildman–Crippen MR) is 196 cm³/mol. The van der Waals surface area contributed by atoms with Crippen LogP contribution in [-0.2, 0) is 23.8 Å². The molecular weight excluding hydrogens is 572 g/mol. The van der Waals surface area contributed by atoms with Crippen LogP contribution in [0.3, 0.4) is 0 Å². The minimum Gasteiger partial charge on any atom is -0.462 e. The van der Waals surface area contributed by atoms with Gasteiger partial charge in [0, 0.05) is 19.4 Å². The number of esters is 2. The molecule has 0 aromatic rings. The van der Waals surface area contributed by atoms with Crippen LogP contribution in [0.1, 0.15) is 201 Å². The largest absolute Gasteiger partial charge is 0.462 e. The fourth-order valence-corrected chi connectivity index (χ4v) is 5.48. The van der Waals surface area contributed by atoms with Crippen LogP contribution in [0.25, 0.3) is 0 Å². The minimum atomic E-state index is -0.528. The summed E-state index contributed by atoms with van der Waals surface area (Å²) in [7, 11) is 0. The maximum atomic E-state index is 12.5. The summed E-state index contributed by atoms with van der Waals surface area (Å²) >= 11 is 0. The Balaban J connectivity index is 4.08. The third-order valence-electron chi connectivity index (χ3n) is 8.49. The molecule has 0 spiro atoms. The predicted octanol–water partition coefficient (Wildman–Crippen LogP) is 12.6. The molecule has 0 rings (SSSR count). The summed E-state index contributed by atoms with van der Waals surface area (Å²) in [5.41, 5.74) is 0. The topological polar surface area (TPSA) is 61.8 Å². The van der Waals surface area contributed by atoms with Gasteiger partial charge in [0.05, 0.1) is 6.61 Å². The van der Waals surface area contributed by atoms with Gasteiger partial charge in [-0.15, -0.1) is 0 Å². The number of hydrogen-bond donors (Lipinski definition) is 0. The van der Waals surface area contributed by atoms with Crippen molar-refractivity contribution < 1.29 is 23.8 Å². The smallest absolute Gasteiger partial charge is 0.306 e. The molecule has 0 heterocycles. The highest BCUT2D eigenvalue weighted by molar-refractivity contribution is 5.70. The van der Waals surface area contributed by atoms with Crippen molar-refractivity contribution in [1.82, 2.24) is 0 Å². The summed E-state index contributed by atoms with van der Waals surface area (Å²) in [5, 5.41) is 0. The van der Waals surface area contributed by atoms with Gasteiger partial charge >= 0.3 is 11.9 Å². The van der Waals surface area contributed by atoms with Gasteiger partial charge in [-0.2, -0.15) is 0 Å². The van der Waals surface area contributed by atoms with E-state index >= 15 is 0 Å². The normalized spacial score (nSPS) is 12.3. The second-order valence-electron chi connectivity index (χ2n) is 13.2. The Morgan fingerprint density at radius 3 is 1.48 bits per heavy atom. The second-order valence-corrected chi connectivity index (χ2v) is 13.2. The molecular formula is C41H76O5. The Morgan fingerprint density at radius 2 is 0.913 bits per heavy atom. The molecule has 270 valence electrons. The summed E-state index contributed by atoms with van der Waals surface area (Å²) in [6.07, 6.45) is 40.5. The van der Waals surface area contributed by atoms with E-state index in [-0.39, 0.29) is 25.2 Å². The zero-order valence-electron chi connectivity index (χ0n) is 30.8. The van der Waals surface area contributed by atoms with Crippen LogP contribution in [0.4, 0.5) is 0 Å². The average molecular weight is 649 g/mol. The van der Waals surface area contributed by atoms with Crippen molar-refractivity contribution in [3.8, 4) is 0 Å². The highest BCUT2D eigenvalue weighted by atomic mass is 16.6. The third-order valence-corrected chi connectivity index (χ3v) is 8.49. The summed E-state index contributed by atoms with van der Waals surface area (Å²) in [6, 6.07) is 0. The Morgan fingerprint density at radius 1 is 0.478 bits per heavy atom. The number of carbonyl (C=O) groups excluding carboxylic acids is 2. The quantitative estimate of drug-likeness (QED) is 0.0384. The van der Waals surface area contributed by atoms with E-state index < -0.39 is 6.10 Å². The zero-order valence-corrected chi connectivity index (χ0v) is 30.8. The lowest BCUT2D eigenvalue weighted by Crippen LogP contribution is -2.30. The lowest BCUT2D eigenvalue weighted by atomic mass is 10.1. The summed E-state index contributed by atoms with van der Waals surface area (Å²) in [4.78, 5) is 24.8. The Bertz CT molecular complexity index is 701. The van der Waals surface area contributed by atoms with Crippen LogP contribution < -0.4 is 0 Å². The van der Waals surface area contributed by atoms with Crippen LogP contribution in [-0.4, -0.2) is 37.9 Å². The molecule has 0 amide bonds. The molecule has 0 saturated heterocycles. The van der Waals surface area contributed by atoms with Gasteiger partial charge in [-0.05, 0) is 51.4 Å². The molecule has 0 radical (unpaired) electrons. The number of hydrogen-bond acceptors (Lipinski definition) is 5. The SMILES string of the molecule is CCCCC/C=C\C/C=C\CCCCCCCCOCC(COC(=O)CCCCCCCCCCC)OC(=O)CCCCCCC. The molecule has 5 nitrogen and oxygen atoms in total. The molecule has 0 N–H and O–H groups in total. The van der Waals surface area contributed by atoms with Gasteiger partial charge in [-0.1, -0.05) is 161 Å². The van der Waals surface area contributed by atoms with Crippen LogP contribution in [0.2, 0.25) is 0 Å². The van der Waals surface area contributed by atoms with Crippen LogP contribution >= 0.6 is 0 Å². The van der Waals surface area contributed by atoms with Gasteiger partial charge in [-0.3, -0.25) is 9.59 Å². The molecule has 0 aliphatic carbocycles. The summed E-state index contributed by atoms with van der Waals surface area (Å²) in [5.74, 6) is -0.414. The Labute approximate surface area is 286 Å². The van der Waals surface area contributed by atoms with E-state index in [1.54, 1.807) is 0 Å². The van der Waals surface area contributed by atoms with Crippen LogP contribution in [0, 0.1) is 0 Å². The van der Waals surface area contributed by atoms with E-state index in [9.17, 15) is 9.59 Å². The molecule has 46 heavy (non-hydrogen) atoms. The number of allylic oxidation sites excluding steroid dienone is 4. The van der Waals surface area contributed by atoms with Crippen molar-refractivity contribution in [1.29, 1.82) is 0 Å². The zero-order chi connectivity index (χ0) is 33.6. The van der Waals surface area contributed by atoms with Crippen molar-refractivity contribution in [2.45, 2.75) is 207 Å². The van der Waals surface area contributed by atoms with E-state index in [1.165, 1.54) is 116 Å². The van der Waals surface area contributed by atoms with Gasteiger partial charge in [0.2, 0.25) is 0 Å². The lowest BCUT2D eigenvalue weighted by molar-refractivity contribution is -0.163. The molecule has 0 saturated carbocycles. The van der Waals surface area contributed by atoms with Crippen molar-refractivity contribution in [2.24, 2.45) is 0 Å². The van der Waals surface area contributed by atoms with E-state index in [0.29, 0.717) is 19.4 Å². The number of ether oxygens (including phenoxy) is 3. The molecule has 0 bridgehead atoms. The van der Waals surface area contributed by atoms with Gasteiger partial charge in [-0.25, -0.2) is 0 Å². The van der Waals surface area contributed by atoms with Gasteiger partial charge in [0.25, 0.3) is 0 Å². The van der Waals surface area contributed by atoms with E-state index in [2.05, 4.69) is 45.1 Å². The molecule has 0 aliphatic rings. The fourth-order valence-electron chi connectivity index (χ4n) is 5.48. The van der Waals surface area contributed by atoms with E-state index in [1.807, 2.05) is 0 Å². The number of unbranched alkanes of at least 4 members (excludes halogenated alkanes) is 21. The maximum Gasteiger partial charge on any atom is 0.306 e. The number of carbonyl (C=O) groups is 2. The van der Waals surface area contributed by atoms with Crippen LogP contribution in [0.15, 0.2) is 24.3 Å². The molecule has 1 atom stereocenters. The number of rotatable bonds is 36. The van der Waals surface area contributed by atoms with Gasteiger partial charge < -0.3 is 14.2 Å². The van der Waals surface area contributed by atoms with Crippen molar-refractivity contribution in [2.75, 3.05) is 19.8 Å². The molecule has 5 heteroatoms. The minimum absolute atomic E-state index is 0.0849. The monoisotopic (exact) mass is 649 g/mol. The van der Waals surface area contributed by atoms with Crippen molar-refractivity contribution in [3.63, 3.8) is 0 Å². The lowest BCUT2D eigenvalue weighted by Gasteiger charge is -2.18. The molecule has 1 unspecified atom stereocenters. The van der Waals surface area contributed by atoms with E-state index in [4.69, 9.17) is 14.2 Å². The highest BCUT2D eigenvalue weighted by Crippen LogP contribution is 2.12. The molecule has 0 aromatic heterocycles. The maximum absolute atomic E-state index is 12.5. The molecule has 0 aromatic carbocycles. The highest BCUT2D eigenvalue weighted by Gasteiger charge is 2.17. The molecule has 0 aliphatic heterocycles. The average Bonchev–Trinajstić information content (AvgIpc) is 3.05. The third kappa shape index (κ3) is 35.2. The van der Waals surface area contributed by atoms with Crippen molar-refractivity contribution in [3.05, 3.63) is 24.3 Å².